The molecule has 67 heavy (non-hydrogen) atoms. The Morgan fingerprint density at radius 1 is 0.522 bits per heavy atom. The average molecular weight is 1100 g/mol. The highest BCUT2D eigenvalue weighted by Gasteiger charge is 2.20. The van der Waals surface area contributed by atoms with Crippen molar-refractivity contribution >= 4 is 92.2 Å². The fourth-order valence-electron chi connectivity index (χ4n) is 7.19. The summed E-state index contributed by atoms with van der Waals surface area (Å²) in [5.41, 5.74) is 13.1. The highest BCUT2D eigenvalue weighted by atomic mass is 127. The van der Waals surface area contributed by atoms with Crippen molar-refractivity contribution < 1.29 is 19.1 Å². The van der Waals surface area contributed by atoms with Crippen molar-refractivity contribution in [1.82, 2.24) is 30.2 Å². The van der Waals surface area contributed by atoms with E-state index in [0.717, 1.165) is 91.3 Å². The molecule has 13 nitrogen and oxygen atoms in total. The third-order valence-electron chi connectivity index (χ3n) is 10.9. The molecule has 2 aromatic heterocycles. The van der Waals surface area contributed by atoms with Crippen LogP contribution in [0.4, 0.5) is 11.4 Å². The lowest BCUT2D eigenvalue weighted by molar-refractivity contribution is -0.129. The number of ether oxygens (including phenoxy) is 2. The number of hydrogen-bond acceptors (Lipinski definition) is 11. The van der Waals surface area contributed by atoms with E-state index in [2.05, 4.69) is 101 Å². The van der Waals surface area contributed by atoms with Gasteiger partial charge in [0.05, 0.1) is 5.69 Å². The molecule has 4 aromatic carbocycles. The maximum atomic E-state index is 11.5. The van der Waals surface area contributed by atoms with Crippen LogP contribution >= 0.6 is 69.0 Å². The van der Waals surface area contributed by atoms with Crippen molar-refractivity contribution in [2.24, 2.45) is 5.73 Å². The topological polar surface area (TPSA) is 143 Å². The Balaban J connectivity index is 0.000000183. The number of nitrogens with zero attached hydrogens (tertiary/aromatic N) is 8. The van der Waals surface area contributed by atoms with Gasteiger partial charge in [0.2, 0.25) is 23.6 Å². The number of hydrogen-bond donors (Lipinski definition) is 1. The van der Waals surface area contributed by atoms with E-state index in [9.17, 15) is 9.59 Å². The van der Waals surface area contributed by atoms with E-state index in [-0.39, 0.29) is 11.8 Å². The lowest BCUT2D eigenvalue weighted by Crippen LogP contribution is -2.48. The molecule has 0 aliphatic carbocycles. The Labute approximate surface area is 425 Å². The third-order valence-corrected chi connectivity index (χ3v) is 12.3. The first-order chi connectivity index (χ1) is 32.3. The molecule has 2 saturated heterocycles. The molecule has 352 valence electrons. The van der Waals surface area contributed by atoms with Crippen LogP contribution in [0.25, 0.3) is 0 Å². The normalized spacial score (nSPS) is 13.5. The predicted octanol–water partition coefficient (Wildman–Crippen LogP) is 9.60. The zero-order valence-electron chi connectivity index (χ0n) is 37.3. The lowest BCUT2D eigenvalue weighted by Gasteiger charge is -2.35. The van der Waals surface area contributed by atoms with Gasteiger partial charge in [-0.3, -0.25) is 9.59 Å². The maximum Gasteiger partial charge on any atom is 0.233 e. The second-order valence-corrected chi connectivity index (χ2v) is 18.6. The van der Waals surface area contributed by atoms with E-state index in [4.69, 9.17) is 61.6 Å². The number of halogens is 5. The Hall–Kier alpha value is -4.97. The quantitative estimate of drug-likeness (QED) is 0.117. The molecular weight excluding hydrogens is 1050 g/mol. The Kier molecular flexibility index (Phi) is 19.9. The molecule has 2 amide bonds. The second-order valence-electron chi connectivity index (χ2n) is 15.7. The summed E-state index contributed by atoms with van der Waals surface area (Å²) >= 11 is 25.9. The zero-order valence-corrected chi connectivity index (χ0v) is 42.4. The van der Waals surface area contributed by atoms with Gasteiger partial charge >= 0.3 is 0 Å². The minimum Gasteiger partial charge on any atom is -0.472 e. The molecule has 0 spiro atoms. The number of carbonyl (C=O) groups excluding carboxylic acids is 2. The third kappa shape index (κ3) is 16.9. The summed E-state index contributed by atoms with van der Waals surface area (Å²) in [7, 11) is 0. The molecule has 8 rings (SSSR count). The average Bonchev–Trinajstić information content (AvgIpc) is 3.33. The van der Waals surface area contributed by atoms with Crippen LogP contribution in [0.2, 0.25) is 20.1 Å². The van der Waals surface area contributed by atoms with Crippen molar-refractivity contribution in [3.8, 4) is 11.8 Å². The highest BCUT2D eigenvalue weighted by molar-refractivity contribution is 14.1. The summed E-state index contributed by atoms with van der Waals surface area (Å²) in [4.78, 5) is 31.1. The van der Waals surface area contributed by atoms with Gasteiger partial charge < -0.3 is 34.8 Å². The first-order valence-electron chi connectivity index (χ1n) is 21.7. The fraction of sp³-hybridized carbons (Fsp3) is 0.306. The summed E-state index contributed by atoms with van der Waals surface area (Å²) in [6.07, 6.45) is 1.68. The zero-order chi connectivity index (χ0) is 47.7. The van der Waals surface area contributed by atoms with Gasteiger partial charge in [0.15, 0.2) is 0 Å². The first-order valence-corrected chi connectivity index (χ1v) is 24.3. The van der Waals surface area contributed by atoms with Crippen molar-refractivity contribution in [1.29, 1.82) is 0 Å². The van der Waals surface area contributed by atoms with Gasteiger partial charge in [-0.25, -0.2) is 0 Å². The molecule has 0 saturated carbocycles. The molecule has 0 radical (unpaired) electrons. The van der Waals surface area contributed by atoms with Gasteiger partial charge in [-0.2, -0.15) is 5.10 Å². The summed E-state index contributed by atoms with van der Waals surface area (Å²) in [6, 6.07) is 34.9. The SMILES string of the molecule is CC(=O)N1CCN(c2ccc(CCc3ccc(OCc4cc(Cl)cc(Cl)c4)nn3)cc2)CC1.CC(=O)N1CCN(c2ccc(CN)cc2)CC1.Clc1cc(Cl)cc(COc2ccc(I)nn2)c1. The number of benzene rings is 4. The van der Waals surface area contributed by atoms with Crippen LogP contribution in [0.15, 0.2) is 109 Å². The highest BCUT2D eigenvalue weighted by Crippen LogP contribution is 2.23. The summed E-state index contributed by atoms with van der Waals surface area (Å²) in [5.74, 6) is 1.26. The molecule has 2 fully saturated rings. The number of aromatic nitrogens is 4. The van der Waals surface area contributed by atoms with Gasteiger partial charge in [0.1, 0.15) is 16.9 Å². The largest absolute Gasteiger partial charge is 0.472 e. The second kappa shape index (κ2) is 26.0. The minimum atomic E-state index is 0.152. The van der Waals surface area contributed by atoms with Gasteiger partial charge in [0, 0.05) is 116 Å². The van der Waals surface area contributed by atoms with Crippen molar-refractivity contribution in [3.05, 3.63) is 161 Å². The number of rotatable bonds is 12. The Morgan fingerprint density at radius 2 is 0.940 bits per heavy atom. The number of amides is 2. The molecule has 0 bridgehead atoms. The smallest absolute Gasteiger partial charge is 0.233 e. The number of piperazine rings is 2. The Morgan fingerprint density at radius 3 is 1.31 bits per heavy atom. The monoisotopic (exact) mass is 1100 g/mol. The van der Waals surface area contributed by atoms with Gasteiger partial charge in [-0.15, -0.1) is 15.3 Å². The van der Waals surface area contributed by atoms with Crippen molar-refractivity contribution in [3.63, 3.8) is 0 Å². The van der Waals surface area contributed by atoms with E-state index in [0.29, 0.717) is 51.6 Å². The number of aryl methyl sites for hydroxylation is 2. The molecule has 0 unspecified atom stereocenters. The predicted molar refractivity (Wildman–Crippen MR) is 275 cm³/mol. The van der Waals surface area contributed by atoms with Gasteiger partial charge in [-0.05, 0) is 130 Å². The van der Waals surface area contributed by atoms with E-state index < -0.39 is 0 Å². The molecule has 18 heteroatoms. The molecular formula is C49H52Cl4IN9O4. The van der Waals surface area contributed by atoms with E-state index >= 15 is 0 Å². The Bertz CT molecular complexity index is 2470. The van der Waals surface area contributed by atoms with Crippen LogP contribution < -0.4 is 25.0 Å². The van der Waals surface area contributed by atoms with Crippen LogP contribution in [0.5, 0.6) is 11.8 Å². The number of nitrogens with two attached hydrogens (primary N) is 1. The fourth-order valence-corrected chi connectivity index (χ4v) is 8.62. The molecule has 2 aliphatic heterocycles. The minimum absolute atomic E-state index is 0.152. The number of anilines is 2. The van der Waals surface area contributed by atoms with Crippen LogP contribution in [-0.2, 0) is 42.2 Å². The number of carbonyl (C=O) groups is 2. The summed E-state index contributed by atoms with van der Waals surface area (Å²) in [5, 5.41) is 18.6. The van der Waals surface area contributed by atoms with E-state index in [1.807, 2.05) is 40.1 Å². The van der Waals surface area contributed by atoms with Crippen LogP contribution in [0.3, 0.4) is 0 Å². The summed E-state index contributed by atoms with van der Waals surface area (Å²) in [6.45, 7) is 11.3. The van der Waals surface area contributed by atoms with Gasteiger partial charge in [-0.1, -0.05) is 70.7 Å². The molecule has 4 heterocycles. The standard InChI is InChI=1S/C25H26Cl2N4O2.C13H19N3O.C11H7Cl2IN2O/c1-18(32)30-10-12-31(13-11-30)24-7-3-19(4-8-24)2-5-23-6-9-25(29-28-23)33-17-20-14-21(26)16-22(27)15-20;1-11(17)15-6-8-16(9-7-15)13-4-2-12(10-14)3-5-13;12-8-3-7(4-9(13)5-8)6-17-11-2-1-10(14)15-16-11/h3-4,6-9,14-16H,2,5,10-13,17H2,1H3;2-5H,6-10,14H2,1H3;1-5H,6H2. The molecule has 0 atom stereocenters. The molecule has 6 aromatic rings. The van der Waals surface area contributed by atoms with E-state index in [1.54, 1.807) is 44.2 Å². The van der Waals surface area contributed by atoms with Crippen molar-refractivity contribution in [2.75, 3.05) is 62.2 Å². The lowest BCUT2D eigenvalue weighted by atomic mass is 10.1. The first kappa shape index (κ1) is 51.4. The van der Waals surface area contributed by atoms with Gasteiger partial charge in [0.25, 0.3) is 0 Å². The van der Waals surface area contributed by atoms with E-state index in [1.165, 1.54) is 16.9 Å². The van der Waals surface area contributed by atoms with Crippen LogP contribution in [-0.4, -0.2) is 94.4 Å². The molecule has 2 aliphatic rings. The maximum absolute atomic E-state index is 11.5. The van der Waals surface area contributed by atoms with Crippen LogP contribution in [0.1, 0.15) is 41.8 Å². The van der Waals surface area contributed by atoms with Crippen LogP contribution in [0, 0.1) is 3.70 Å². The van der Waals surface area contributed by atoms with Crippen molar-refractivity contribution in [2.45, 2.75) is 46.4 Å². The summed E-state index contributed by atoms with van der Waals surface area (Å²) < 4.78 is 12.0. The molecule has 2 N–H and O–H groups in total.